The van der Waals surface area contributed by atoms with Crippen LogP contribution in [0.3, 0.4) is 0 Å². The molecule has 0 aromatic heterocycles. The second kappa shape index (κ2) is 10.2. The molecule has 3 amide bonds. The van der Waals surface area contributed by atoms with Gasteiger partial charge in [-0.15, -0.1) is 0 Å². The van der Waals surface area contributed by atoms with E-state index in [0.29, 0.717) is 30.9 Å². The Morgan fingerprint density at radius 1 is 1.09 bits per heavy atom. The Hall–Kier alpha value is -3.27. The average molecular weight is 479 g/mol. The molecule has 0 aliphatic carbocycles. The Balaban J connectivity index is 1.25. The van der Waals surface area contributed by atoms with E-state index in [0.717, 1.165) is 37.4 Å². The van der Waals surface area contributed by atoms with Crippen LogP contribution < -0.4 is 15.8 Å². The highest BCUT2D eigenvalue weighted by Gasteiger charge is 2.40. The molecular formula is C26H30N4O5. The number of benzene rings is 2. The molecule has 0 radical (unpaired) electrons. The van der Waals surface area contributed by atoms with Gasteiger partial charge in [-0.1, -0.05) is 30.3 Å². The number of amides is 3. The molecule has 184 valence electrons. The van der Waals surface area contributed by atoms with Gasteiger partial charge < -0.3 is 20.1 Å². The lowest BCUT2D eigenvalue weighted by Crippen LogP contribution is -2.52. The van der Waals surface area contributed by atoms with Gasteiger partial charge in [-0.3, -0.25) is 24.6 Å². The predicted octanol–water partition coefficient (Wildman–Crippen LogP) is 1.36. The smallest absolute Gasteiger partial charge is 0.255 e. The first-order chi connectivity index (χ1) is 17.0. The molecule has 3 aliphatic heterocycles. The summed E-state index contributed by atoms with van der Waals surface area (Å²) in [6.07, 6.45) is 0.563. The topological polar surface area (TPSA) is 114 Å². The fraction of sp³-hybridized carbons (Fsp3) is 0.423. The summed E-state index contributed by atoms with van der Waals surface area (Å²) >= 11 is 0. The van der Waals surface area contributed by atoms with Gasteiger partial charge in [0.05, 0.1) is 19.8 Å². The number of imide groups is 1. The second-order valence-corrected chi connectivity index (χ2v) is 9.11. The molecule has 2 saturated heterocycles. The maximum absolute atomic E-state index is 13.0. The number of nitrogens with zero attached hydrogens (tertiary/aromatic N) is 2. The van der Waals surface area contributed by atoms with Crippen LogP contribution in [0.2, 0.25) is 0 Å². The van der Waals surface area contributed by atoms with Crippen LogP contribution in [0.4, 0.5) is 0 Å². The van der Waals surface area contributed by atoms with E-state index in [2.05, 4.69) is 22.3 Å². The van der Waals surface area contributed by atoms with Crippen LogP contribution in [-0.4, -0.2) is 66.4 Å². The summed E-state index contributed by atoms with van der Waals surface area (Å²) in [4.78, 5) is 40.7. The van der Waals surface area contributed by atoms with Crippen molar-refractivity contribution in [3.8, 4) is 5.75 Å². The Bertz CT molecular complexity index is 1110. The van der Waals surface area contributed by atoms with Crippen molar-refractivity contribution in [3.63, 3.8) is 0 Å². The minimum atomic E-state index is -0.644. The van der Waals surface area contributed by atoms with Crippen molar-refractivity contribution in [1.82, 2.24) is 15.1 Å². The number of morpholine rings is 1. The Kier molecular flexibility index (Phi) is 6.81. The summed E-state index contributed by atoms with van der Waals surface area (Å²) in [6.45, 7) is 4.40. The summed E-state index contributed by atoms with van der Waals surface area (Å²) in [5.41, 5.74) is 9.57. The maximum Gasteiger partial charge on any atom is 0.255 e. The van der Waals surface area contributed by atoms with Crippen LogP contribution in [0.1, 0.15) is 45.9 Å². The molecule has 0 saturated carbocycles. The molecule has 2 atom stereocenters. The van der Waals surface area contributed by atoms with Gasteiger partial charge in [0.15, 0.2) is 0 Å². The molecule has 5 rings (SSSR count). The minimum absolute atomic E-state index is 0.163. The van der Waals surface area contributed by atoms with Crippen LogP contribution in [0.25, 0.3) is 0 Å². The van der Waals surface area contributed by atoms with Crippen LogP contribution >= 0.6 is 0 Å². The van der Waals surface area contributed by atoms with Crippen molar-refractivity contribution in [3.05, 3.63) is 64.7 Å². The van der Waals surface area contributed by atoms with Gasteiger partial charge in [-0.05, 0) is 29.7 Å². The summed E-state index contributed by atoms with van der Waals surface area (Å²) < 4.78 is 11.6. The molecule has 3 aliphatic rings. The number of carbonyl (C=O) groups excluding carboxylic acids is 3. The van der Waals surface area contributed by atoms with Crippen LogP contribution in [0.5, 0.6) is 5.75 Å². The Morgan fingerprint density at radius 2 is 1.86 bits per heavy atom. The summed E-state index contributed by atoms with van der Waals surface area (Å²) in [5.74, 6) is -0.297. The number of fused-ring (bicyclic) bond motifs is 1. The molecular weight excluding hydrogens is 448 g/mol. The molecule has 0 spiro atoms. The number of hydrogen-bond donors (Lipinski definition) is 2. The van der Waals surface area contributed by atoms with E-state index in [9.17, 15) is 14.4 Å². The fourth-order valence-electron chi connectivity index (χ4n) is 5.07. The van der Waals surface area contributed by atoms with Crippen LogP contribution in [0.15, 0.2) is 42.5 Å². The van der Waals surface area contributed by atoms with Gasteiger partial charge in [0.25, 0.3) is 5.91 Å². The Labute approximate surface area is 204 Å². The first-order valence-electron chi connectivity index (χ1n) is 12.0. The summed E-state index contributed by atoms with van der Waals surface area (Å²) in [5, 5.41) is 2.33. The quantitative estimate of drug-likeness (QED) is 0.578. The number of ether oxygens (including phenoxy) is 2. The lowest BCUT2D eigenvalue weighted by Gasteiger charge is -2.34. The van der Waals surface area contributed by atoms with Crippen molar-refractivity contribution in [2.45, 2.75) is 38.1 Å². The minimum Gasteiger partial charge on any atom is -0.489 e. The number of piperidine rings is 1. The van der Waals surface area contributed by atoms with Crippen LogP contribution in [0, 0.1) is 0 Å². The lowest BCUT2D eigenvalue weighted by molar-refractivity contribution is -0.136. The van der Waals surface area contributed by atoms with Gasteiger partial charge in [-0.2, -0.15) is 0 Å². The molecule has 9 nitrogen and oxygen atoms in total. The number of nitrogens with two attached hydrogens (primary N) is 1. The molecule has 2 fully saturated rings. The fourth-order valence-corrected chi connectivity index (χ4v) is 5.07. The highest BCUT2D eigenvalue weighted by atomic mass is 16.5. The van der Waals surface area contributed by atoms with E-state index in [-0.39, 0.29) is 30.8 Å². The number of carbonyl (C=O) groups is 3. The van der Waals surface area contributed by atoms with Gasteiger partial charge in [0.2, 0.25) is 11.8 Å². The zero-order chi connectivity index (χ0) is 24.4. The molecule has 3 heterocycles. The van der Waals surface area contributed by atoms with E-state index in [1.54, 1.807) is 12.1 Å². The summed E-state index contributed by atoms with van der Waals surface area (Å²) in [6, 6.07) is 13.2. The van der Waals surface area contributed by atoms with Crippen molar-refractivity contribution in [2.24, 2.45) is 5.73 Å². The van der Waals surface area contributed by atoms with E-state index in [1.807, 2.05) is 18.2 Å². The third-order valence-corrected chi connectivity index (χ3v) is 7.01. The molecule has 35 heavy (non-hydrogen) atoms. The molecule has 2 aromatic rings. The van der Waals surface area contributed by atoms with Gasteiger partial charge in [-0.25, -0.2) is 0 Å². The standard InChI is InChI=1S/C26H30N4O5/c27-14-22(29-10-12-34-13-11-29)18-6-4-17(5-7-18)16-35-23-3-1-2-19-20(23)15-30(26(19)33)21-8-9-24(31)28-25(21)32/h1-7,21-22H,8-16,27H2,(H,28,31,32)/t21-,22?/m0/s1. The largest absolute Gasteiger partial charge is 0.489 e. The van der Waals surface area contributed by atoms with Crippen molar-refractivity contribution < 1.29 is 23.9 Å². The molecule has 3 N–H and O–H groups in total. The molecule has 0 bridgehead atoms. The second-order valence-electron chi connectivity index (χ2n) is 9.11. The molecule has 2 aromatic carbocycles. The van der Waals surface area contributed by atoms with E-state index >= 15 is 0 Å². The molecule has 9 heteroatoms. The number of nitrogens with one attached hydrogen (secondary N) is 1. The highest BCUT2D eigenvalue weighted by molar-refractivity contribution is 6.05. The van der Waals surface area contributed by atoms with Crippen molar-refractivity contribution in [1.29, 1.82) is 0 Å². The maximum atomic E-state index is 13.0. The number of rotatable bonds is 7. The average Bonchev–Trinajstić information content (AvgIpc) is 3.21. The predicted molar refractivity (Wildman–Crippen MR) is 127 cm³/mol. The number of hydrogen-bond acceptors (Lipinski definition) is 7. The zero-order valence-corrected chi connectivity index (χ0v) is 19.6. The normalized spacial score (nSPS) is 21.6. The zero-order valence-electron chi connectivity index (χ0n) is 19.6. The monoisotopic (exact) mass is 478 g/mol. The van der Waals surface area contributed by atoms with Crippen molar-refractivity contribution in [2.75, 3.05) is 32.8 Å². The Morgan fingerprint density at radius 3 is 2.57 bits per heavy atom. The van der Waals surface area contributed by atoms with Gasteiger partial charge in [0, 0.05) is 43.2 Å². The van der Waals surface area contributed by atoms with Gasteiger partial charge >= 0.3 is 0 Å². The lowest BCUT2D eigenvalue weighted by atomic mass is 10.0. The van der Waals surface area contributed by atoms with E-state index in [4.69, 9.17) is 15.2 Å². The van der Waals surface area contributed by atoms with E-state index in [1.165, 1.54) is 10.5 Å². The first-order valence-corrected chi connectivity index (χ1v) is 12.0. The first kappa shape index (κ1) is 23.5. The van der Waals surface area contributed by atoms with Crippen LogP contribution in [-0.2, 0) is 27.5 Å². The van der Waals surface area contributed by atoms with E-state index < -0.39 is 11.9 Å². The van der Waals surface area contributed by atoms with Gasteiger partial charge in [0.1, 0.15) is 18.4 Å². The molecule has 1 unspecified atom stereocenters. The highest BCUT2D eigenvalue weighted by Crippen LogP contribution is 2.34. The third kappa shape index (κ3) is 4.80. The SMILES string of the molecule is NCC(c1ccc(COc2cccc3c2CN([C@H]2CCC(=O)NC2=O)C3=O)cc1)N1CCOCC1. The van der Waals surface area contributed by atoms with Crippen molar-refractivity contribution >= 4 is 17.7 Å². The summed E-state index contributed by atoms with van der Waals surface area (Å²) in [7, 11) is 0. The third-order valence-electron chi connectivity index (χ3n) is 7.01.